The summed E-state index contributed by atoms with van der Waals surface area (Å²) >= 11 is 0. The zero-order valence-corrected chi connectivity index (χ0v) is 19.7. The quantitative estimate of drug-likeness (QED) is 0.253. The first kappa shape index (κ1) is 25.2. The molecule has 3 N–H and O–H groups in total. The number of benzene rings is 3. The Bertz CT molecular complexity index is 1210. The highest BCUT2D eigenvalue weighted by atomic mass is 16.5. The van der Waals surface area contributed by atoms with Crippen molar-refractivity contribution in [3.05, 3.63) is 95.1 Å². The van der Waals surface area contributed by atoms with Gasteiger partial charge in [-0.25, -0.2) is 5.43 Å². The van der Waals surface area contributed by atoms with E-state index in [9.17, 15) is 14.4 Å². The maximum atomic E-state index is 12.3. The van der Waals surface area contributed by atoms with Gasteiger partial charge in [0.05, 0.1) is 6.21 Å². The largest absolute Gasteiger partial charge is 0.484 e. The van der Waals surface area contributed by atoms with Gasteiger partial charge < -0.3 is 15.4 Å². The number of ether oxygens (including phenoxy) is 1. The number of rotatable bonds is 9. The summed E-state index contributed by atoms with van der Waals surface area (Å²) in [6.45, 7) is 4.07. The molecule has 0 heterocycles. The third kappa shape index (κ3) is 8.43. The first-order chi connectivity index (χ1) is 16.9. The molecule has 3 aromatic carbocycles. The number of amides is 3. The molecule has 8 nitrogen and oxygen atoms in total. The van der Waals surface area contributed by atoms with Gasteiger partial charge in [0.15, 0.2) is 6.61 Å². The summed E-state index contributed by atoms with van der Waals surface area (Å²) in [5.41, 5.74) is 6.66. The van der Waals surface area contributed by atoms with Crippen molar-refractivity contribution in [2.24, 2.45) is 5.10 Å². The van der Waals surface area contributed by atoms with Crippen LogP contribution in [-0.2, 0) is 20.8 Å². The van der Waals surface area contributed by atoms with Gasteiger partial charge in [0, 0.05) is 12.2 Å². The van der Waals surface area contributed by atoms with Crippen LogP contribution in [-0.4, -0.2) is 37.1 Å². The normalized spacial score (nSPS) is 10.6. The standard InChI is InChI=1S/C27H28N4O4/c1-19-11-12-20(2)24(15-19)30-25(32)18-35-23-10-6-9-22(16-23)17-29-31-27(34)26(33)28-14-13-21-7-4-3-5-8-21/h3-12,15-17H,13-14,18H2,1-2H3,(H,28,33)(H,30,32)(H,31,34)/b29-17-. The van der Waals surface area contributed by atoms with Gasteiger partial charge in [0.2, 0.25) is 0 Å². The molecule has 0 fully saturated rings. The molecule has 0 aliphatic carbocycles. The molecule has 0 aliphatic rings. The highest BCUT2D eigenvalue weighted by Crippen LogP contribution is 2.17. The maximum absolute atomic E-state index is 12.3. The predicted molar refractivity (Wildman–Crippen MR) is 135 cm³/mol. The lowest BCUT2D eigenvalue weighted by atomic mass is 10.1. The maximum Gasteiger partial charge on any atom is 0.329 e. The van der Waals surface area contributed by atoms with Crippen molar-refractivity contribution in [2.75, 3.05) is 18.5 Å². The van der Waals surface area contributed by atoms with Gasteiger partial charge in [-0.2, -0.15) is 5.10 Å². The molecule has 0 saturated carbocycles. The van der Waals surface area contributed by atoms with E-state index in [0.29, 0.717) is 24.3 Å². The van der Waals surface area contributed by atoms with Crippen LogP contribution in [0.15, 0.2) is 77.9 Å². The molecule has 0 aromatic heterocycles. The van der Waals surface area contributed by atoms with Crippen molar-refractivity contribution >= 4 is 29.6 Å². The van der Waals surface area contributed by atoms with E-state index in [1.165, 1.54) is 6.21 Å². The van der Waals surface area contributed by atoms with Gasteiger partial charge in [0.25, 0.3) is 5.91 Å². The van der Waals surface area contributed by atoms with Crippen LogP contribution in [0.1, 0.15) is 22.3 Å². The van der Waals surface area contributed by atoms with Gasteiger partial charge in [0.1, 0.15) is 5.75 Å². The number of nitrogens with one attached hydrogen (secondary N) is 3. The summed E-state index contributed by atoms with van der Waals surface area (Å²) in [4.78, 5) is 36.1. The highest BCUT2D eigenvalue weighted by Gasteiger charge is 2.11. The molecule has 180 valence electrons. The summed E-state index contributed by atoms with van der Waals surface area (Å²) in [6.07, 6.45) is 2.01. The van der Waals surface area contributed by atoms with Gasteiger partial charge in [-0.1, -0.05) is 54.6 Å². The molecular weight excluding hydrogens is 444 g/mol. The average Bonchev–Trinajstić information content (AvgIpc) is 2.86. The number of carbonyl (C=O) groups excluding carboxylic acids is 3. The number of nitrogens with zero attached hydrogens (tertiary/aromatic N) is 1. The average molecular weight is 473 g/mol. The van der Waals surface area contributed by atoms with E-state index in [4.69, 9.17) is 4.74 Å². The van der Waals surface area contributed by atoms with E-state index in [1.54, 1.807) is 24.3 Å². The molecule has 3 rings (SSSR count). The summed E-state index contributed by atoms with van der Waals surface area (Å²) in [5.74, 6) is -1.42. The Hall–Kier alpha value is -4.46. The molecule has 0 aliphatic heterocycles. The van der Waals surface area contributed by atoms with Crippen LogP contribution in [0.4, 0.5) is 5.69 Å². The fourth-order valence-corrected chi connectivity index (χ4v) is 3.15. The Labute approximate surface area is 204 Å². The third-order valence-electron chi connectivity index (χ3n) is 5.02. The first-order valence-electron chi connectivity index (χ1n) is 11.2. The van der Waals surface area contributed by atoms with Crippen molar-refractivity contribution in [1.29, 1.82) is 0 Å². The number of carbonyl (C=O) groups is 3. The lowest BCUT2D eigenvalue weighted by molar-refractivity contribution is -0.139. The van der Waals surface area contributed by atoms with Crippen LogP contribution in [0.3, 0.4) is 0 Å². The number of hydrogen-bond donors (Lipinski definition) is 3. The molecule has 0 radical (unpaired) electrons. The first-order valence-corrected chi connectivity index (χ1v) is 11.2. The highest BCUT2D eigenvalue weighted by molar-refractivity contribution is 6.35. The van der Waals surface area contributed by atoms with E-state index in [-0.39, 0.29) is 12.5 Å². The molecule has 3 amide bonds. The molecule has 0 saturated heterocycles. The Morgan fingerprint density at radius 1 is 0.914 bits per heavy atom. The Morgan fingerprint density at radius 2 is 1.71 bits per heavy atom. The number of anilines is 1. The monoisotopic (exact) mass is 472 g/mol. The second kappa shape index (κ2) is 12.7. The minimum absolute atomic E-state index is 0.159. The second-order valence-corrected chi connectivity index (χ2v) is 7.92. The third-order valence-corrected chi connectivity index (χ3v) is 5.02. The zero-order chi connectivity index (χ0) is 25.0. The van der Waals surface area contributed by atoms with Gasteiger partial charge >= 0.3 is 11.8 Å². The molecule has 0 unspecified atom stereocenters. The summed E-state index contributed by atoms with van der Waals surface area (Å²) in [6, 6.07) is 22.3. The summed E-state index contributed by atoms with van der Waals surface area (Å²) in [5, 5.41) is 9.22. The van der Waals surface area contributed by atoms with Crippen LogP contribution in [0.5, 0.6) is 5.75 Å². The van der Waals surface area contributed by atoms with Crippen molar-refractivity contribution < 1.29 is 19.1 Å². The summed E-state index contributed by atoms with van der Waals surface area (Å²) in [7, 11) is 0. The van der Waals surface area contributed by atoms with Crippen LogP contribution in [0, 0.1) is 13.8 Å². The second-order valence-electron chi connectivity index (χ2n) is 7.92. The number of aryl methyl sites for hydroxylation is 2. The Balaban J connectivity index is 1.43. The minimum atomic E-state index is -0.857. The van der Waals surface area contributed by atoms with E-state index < -0.39 is 11.8 Å². The minimum Gasteiger partial charge on any atom is -0.484 e. The van der Waals surface area contributed by atoms with Crippen molar-refractivity contribution in [1.82, 2.24) is 10.7 Å². The predicted octanol–water partition coefficient (Wildman–Crippen LogP) is 3.13. The van der Waals surface area contributed by atoms with Crippen molar-refractivity contribution in [3.8, 4) is 5.75 Å². The van der Waals surface area contributed by atoms with Crippen LogP contribution in [0.2, 0.25) is 0 Å². The Kier molecular flexibility index (Phi) is 9.13. The smallest absolute Gasteiger partial charge is 0.329 e. The van der Waals surface area contributed by atoms with Crippen LogP contribution >= 0.6 is 0 Å². The molecule has 8 heteroatoms. The van der Waals surface area contributed by atoms with E-state index in [2.05, 4.69) is 21.2 Å². The van der Waals surface area contributed by atoms with Gasteiger partial charge in [-0.3, -0.25) is 14.4 Å². The fraction of sp³-hybridized carbons (Fsp3) is 0.185. The van der Waals surface area contributed by atoms with Crippen molar-refractivity contribution in [2.45, 2.75) is 20.3 Å². The van der Waals surface area contributed by atoms with Crippen LogP contribution < -0.4 is 20.8 Å². The van der Waals surface area contributed by atoms with Gasteiger partial charge in [-0.15, -0.1) is 0 Å². The van der Waals surface area contributed by atoms with Gasteiger partial charge in [-0.05, 0) is 60.7 Å². The summed E-state index contributed by atoms with van der Waals surface area (Å²) < 4.78 is 5.57. The topological polar surface area (TPSA) is 109 Å². The molecular formula is C27H28N4O4. The number of hydrogen-bond acceptors (Lipinski definition) is 5. The fourth-order valence-electron chi connectivity index (χ4n) is 3.15. The molecule has 35 heavy (non-hydrogen) atoms. The van der Waals surface area contributed by atoms with E-state index in [0.717, 1.165) is 22.4 Å². The van der Waals surface area contributed by atoms with Crippen LogP contribution in [0.25, 0.3) is 0 Å². The van der Waals surface area contributed by atoms with Crippen molar-refractivity contribution in [3.63, 3.8) is 0 Å². The lowest BCUT2D eigenvalue weighted by Crippen LogP contribution is -2.38. The zero-order valence-electron chi connectivity index (χ0n) is 19.7. The molecule has 3 aromatic rings. The van der Waals surface area contributed by atoms with E-state index >= 15 is 0 Å². The molecule has 0 atom stereocenters. The molecule has 0 spiro atoms. The van der Waals surface area contributed by atoms with E-state index in [1.807, 2.05) is 62.4 Å². The Morgan fingerprint density at radius 3 is 2.51 bits per heavy atom. The lowest BCUT2D eigenvalue weighted by Gasteiger charge is -2.10. The SMILES string of the molecule is Cc1ccc(C)c(NC(=O)COc2cccc(/C=N\NC(=O)C(=O)NCCc3ccccc3)c2)c1. The molecule has 0 bridgehead atoms. The number of hydrazone groups is 1.